The molecule has 0 bridgehead atoms. The van der Waals surface area contributed by atoms with Gasteiger partial charge in [0.25, 0.3) is 0 Å². The van der Waals surface area contributed by atoms with Gasteiger partial charge < -0.3 is 9.73 Å². The van der Waals surface area contributed by atoms with E-state index in [9.17, 15) is 0 Å². The number of nitrogens with one attached hydrogen (secondary N) is 1. The Morgan fingerprint density at radius 3 is 2.94 bits per heavy atom. The summed E-state index contributed by atoms with van der Waals surface area (Å²) in [5, 5.41) is 3.17. The number of anilines is 1. The first-order valence-corrected chi connectivity index (χ1v) is 5.26. The Balaban J connectivity index is 1.81. The molecule has 5 heteroatoms. The number of furan rings is 1. The lowest BCUT2D eigenvalue weighted by Crippen LogP contribution is -2.00. The molecule has 84 valence electrons. The first-order chi connectivity index (χ1) is 8.42. The van der Waals surface area contributed by atoms with Gasteiger partial charge in [-0.3, -0.25) is 4.98 Å². The summed E-state index contributed by atoms with van der Waals surface area (Å²) in [6.45, 7) is 0.603. The summed E-state index contributed by atoms with van der Waals surface area (Å²) in [7, 11) is 0. The smallest absolute Gasteiger partial charge is 0.180 e. The summed E-state index contributed by atoms with van der Waals surface area (Å²) in [6, 6.07) is 7.53. The molecule has 3 rings (SSSR count). The molecule has 0 atom stereocenters. The quantitative estimate of drug-likeness (QED) is 0.741. The Labute approximate surface area is 97.5 Å². The summed E-state index contributed by atoms with van der Waals surface area (Å²) in [5.74, 6) is 1.63. The SMILES string of the molecule is c1coc(CNc2ccc3nccnc3n2)c1. The zero-order chi connectivity index (χ0) is 11.5. The van der Waals surface area contributed by atoms with Crippen LogP contribution in [0.3, 0.4) is 0 Å². The lowest BCUT2D eigenvalue weighted by atomic mass is 10.4. The molecule has 0 saturated heterocycles. The maximum atomic E-state index is 5.22. The highest BCUT2D eigenvalue weighted by molar-refractivity contribution is 5.71. The molecule has 5 nitrogen and oxygen atoms in total. The van der Waals surface area contributed by atoms with Gasteiger partial charge >= 0.3 is 0 Å². The normalized spacial score (nSPS) is 10.6. The zero-order valence-electron chi connectivity index (χ0n) is 9.00. The van der Waals surface area contributed by atoms with Crippen LogP contribution in [0.25, 0.3) is 11.2 Å². The lowest BCUT2D eigenvalue weighted by Gasteiger charge is -2.03. The van der Waals surface area contributed by atoms with Crippen LogP contribution in [-0.2, 0) is 6.54 Å². The fraction of sp³-hybridized carbons (Fsp3) is 0.0833. The van der Waals surface area contributed by atoms with E-state index < -0.39 is 0 Å². The van der Waals surface area contributed by atoms with E-state index >= 15 is 0 Å². The van der Waals surface area contributed by atoms with Gasteiger partial charge in [0.05, 0.1) is 12.8 Å². The van der Waals surface area contributed by atoms with Gasteiger partial charge in [0.15, 0.2) is 5.65 Å². The van der Waals surface area contributed by atoms with Crippen molar-refractivity contribution < 1.29 is 4.42 Å². The maximum absolute atomic E-state index is 5.22. The topological polar surface area (TPSA) is 63.8 Å². The Kier molecular flexibility index (Phi) is 2.42. The van der Waals surface area contributed by atoms with Crippen molar-refractivity contribution in [2.75, 3.05) is 5.32 Å². The zero-order valence-corrected chi connectivity index (χ0v) is 9.00. The van der Waals surface area contributed by atoms with Crippen LogP contribution in [0.15, 0.2) is 47.3 Å². The second-order valence-corrected chi connectivity index (χ2v) is 3.53. The number of fused-ring (bicyclic) bond motifs is 1. The summed E-state index contributed by atoms with van der Waals surface area (Å²) in [5.41, 5.74) is 1.42. The van der Waals surface area contributed by atoms with Crippen LogP contribution in [0.4, 0.5) is 5.82 Å². The molecular formula is C12H10N4O. The maximum Gasteiger partial charge on any atom is 0.180 e. The van der Waals surface area contributed by atoms with Gasteiger partial charge in [-0.1, -0.05) is 0 Å². The van der Waals surface area contributed by atoms with Crippen molar-refractivity contribution >= 4 is 17.0 Å². The molecule has 0 aliphatic heterocycles. The van der Waals surface area contributed by atoms with Crippen molar-refractivity contribution in [1.82, 2.24) is 15.0 Å². The van der Waals surface area contributed by atoms with Crippen LogP contribution in [0.5, 0.6) is 0 Å². The molecule has 3 aromatic heterocycles. The highest BCUT2D eigenvalue weighted by atomic mass is 16.3. The summed E-state index contributed by atoms with van der Waals surface area (Å²) >= 11 is 0. The highest BCUT2D eigenvalue weighted by Crippen LogP contribution is 2.11. The second-order valence-electron chi connectivity index (χ2n) is 3.53. The van der Waals surface area contributed by atoms with Gasteiger partial charge in [-0.25, -0.2) is 9.97 Å². The number of nitrogens with zero attached hydrogens (tertiary/aromatic N) is 3. The molecule has 0 spiro atoms. The average molecular weight is 226 g/mol. The second kappa shape index (κ2) is 4.21. The van der Waals surface area contributed by atoms with Gasteiger partial charge in [0, 0.05) is 12.4 Å². The van der Waals surface area contributed by atoms with Crippen molar-refractivity contribution in [3.05, 3.63) is 48.7 Å². The van der Waals surface area contributed by atoms with E-state index in [4.69, 9.17) is 4.42 Å². The van der Waals surface area contributed by atoms with E-state index in [1.54, 1.807) is 18.7 Å². The number of rotatable bonds is 3. The van der Waals surface area contributed by atoms with Gasteiger partial charge in [-0.15, -0.1) is 0 Å². The molecule has 0 fully saturated rings. The van der Waals surface area contributed by atoms with Gasteiger partial charge in [-0.2, -0.15) is 0 Å². The molecule has 0 aliphatic rings. The van der Waals surface area contributed by atoms with E-state index in [-0.39, 0.29) is 0 Å². The van der Waals surface area contributed by atoms with Crippen LogP contribution >= 0.6 is 0 Å². The van der Waals surface area contributed by atoms with E-state index in [1.807, 2.05) is 24.3 Å². The van der Waals surface area contributed by atoms with E-state index in [1.165, 1.54) is 0 Å². The number of pyridine rings is 1. The number of hydrogen-bond donors (Lipinski definition) is 1. The molecule has 0 amide bonds. The van der Waals surface area contributed by atoms with Crippen LogP contribution in [-0.4, -0.2) is 15.0 Å². The fourth-order valence-electron chi connectivity index (χ4n) is 1.54. The van der Waals surface area contributed by atoms with Crippen molar-refractivity contribution in [3.8, 4) is 0 Å². The average Bonchev–Trinajstić information content (AvgIpc) is 2.89. The highest BCUT2D eigenvalue weighted by Gasteiger charge is 2.00. The van der Waals surface area contributed by atoms with Crippen LogP contribution in [0.2, 0.25) is 0 Å². The van der Waals surface area contributed by atoms with Crippen molar-refractivity contribution in [2.45, 2.75) is 6.54 Å². The Morgan fingerprint density at radius 2 is 2.06 bits per heavy atom. The summed E-state index contributed by atoms with van der Waals surface area (Å²) in [4.78, 5) is 12.7. The Bertz CT molecular complexity index is 621. The molecule has 0 aromatic carbocycles. The van der Waals surface area contributed by atoms with Crippen LogP contribution in [0.1, 0.15) is 5.76 Å². The first kappa shape index (κ1) is 9.77. The van der Waals surface area contributed by atoms with Gasteiger partial charge in [-0.05, 0) is 24.3 Å². The van der Waals surface area contributed by atoms with E-state index in [0.29, 0.717) is 12.2 Å². The minimum absolute atomic E-state index is 0.603. The fourth-order valence-corrected chi connectivity index (χ4v) is 1.54. The molecule has 3 heterocycles. The van der Waals surface area contributed by atoms with Crippen molar-refractivity contribution in [2.24, 2.45) is 0 Å². The molecule has 0 radical (unpaired) electrons. The predicted octanol–water partition coefficient (Wildman–Crippen LogP) is 2.23. The minimum atomic E-state index is 0.603. The minimum Gasteiger partial charge on any atom is -0.467 e. The largest absolute Gasteiger partial charge is 0.467 e. The monoisotopic (exact) mass is 226 g/mol. The molecule has 0 saturated carbocycles. The molecular weight excluding hydrogens is 216 g/mol. The third-order valence-electron chi connectivity index (χ3n) is 2.36. The Morgan fingerprint density at radius 1 is 1.12 bits per heavy atom. The molecule has 0 aliphatic carbocycles. The predicted molar refractivity (Wildman–Crippen MR) is 63.4 cm³/mol. The number of hydrogen-bond acceptors (Lipinski definition) is 5. The summed E-state index contributed by atoms with van der Waals surface area (Å²) < 4.78 is 5.22. The van der Waals surface area contributed by atoms with E-state index in [0.717, 1.165) is 17.1 Å². The molecule has 3 aromatic rings. The van der Waals surface area contributed by atoms with E-state index in [2.05, 4.69) is 20.3 Å². The molecule has 0 unspecified atom stereocenters. The van der Waals surface area contributed by atoms with Crippen LogP contribution in [0, 0.1) is 0 Å². The molecule has 17 heavy (non-hydrogen) atoms. The summed E-state index contributed by atoms with van der Waals surface area (Å²) in [6.07, 6.45) is 4.93. The third-order valence-corrected chi connectivity index (χ3v) is 2.36. The lowest BCUT2D eigenvalue weighted by molar-refractivity contribution is 0.518. The van der Waals surface area contributed by atoms with Crippen LogP contribution < -0.4 is 5.32 Å². The first-order valence-electron chi connectivity index (χ1n) is 5.26. The Hall–Kier alpha value is -2.43. The van der Waals surface area contributed by atoms with Gasteiger partial charge in [0.1, 0.15) is 17.1 Å². The standard InChI is InChI=1S/C12H10N4O/c1-2-9(17-7-1)8-15-11-4-3-10-12(16-11)14-6-5-13-10/h1-7H,8H2,(H,14,15,16). The van der Waals surface area contributed by atoms with Crippen molar-refractivity contribution in [1.29, 1.82) is 0 Å². The number of aromatic nitrogens is 3. The third kappa shape index (κ3) is 2.08. The van der Waals surface area contributed by atoms with Gasteiger partial charge in [0.2, 0.25) is 0 Å². The molecule has 1 N–H and O–H groups in total. The van der Waals surface area contributed by atoms with Crippen molar-refractivity contribution in [3.63, 3.8) is 0 Å².